The van der Waals surface area contributed by atoms with E-state index in [0.29, 0.717) is 12.2 Å². The van der Waals surface area contributed by atoms with Gasteiger partial charge in [0.1, 0.15) is 5.75 Å². The van der Waals surface area contributed by atoms with E-state index in [1.165, 1.54) is 6.08 Å². The zero-order valence-electron chi connectivity index (χ0n) is 14.7. The number of rotatable bonds is 7. The lowest BCUT2D eigenvalue weighted by atomic mass is 10.0. The normalized spacial score (nSPS) is 10.7. The molecule has 0 aliphatic carbocycles. The van der Waals surface area contributed by atoms with Crippen molar-refractivity contribution >= 4 is 11.5 Å². The molecule has 0 aliphatic rings. The third-order valence-corrected chi connectivity index (χ3v) is 3.91. The highest BCUT2D eigenvalue weighted by Crippen LogP contribution is 2.20. The van der Waals surface area contributed by atoms with Crippen LogP contribution in [0.3, 0.4) is 0 Å². The van der Waals surface area contributed by atoms with Gasteiger partial charge in [-0.1, -0.05) is 60.7 Å². The van der Waals surface area contributed by atoms with Gasteiger partial charge in [-0.3, -0.25) is 4.79 Å². The van der Waals surface area contributed by atoms with Gasteiger partial charge in [-0.15, -0.1) is 0 Å². The van der Waals surface area contributed by atoms with Gasteiger partial charge in [0.15, 0.2) is 5.78 Å². The fourth-order valence-corrected chi connectivity index (χ4v) is 2.61. The van der Waals surface area contributed by atoms with Gasteiger partial charge in [-0.2, -0.15) is 0 Å². The molecule has 3 aromatic carbocycles. The van der Waals surface area contributed by atoms with Gasteiger partial charge in [-0.25, -0.2) is 0 Å². The molecule has 0 fully saturated rings. The maximum absolute atomic E-state index is 12.3. The van der Waals surface area contributed by atoms with Crippen LogP contribution in [0.5, 0.6) is 5.75 Å². The molecule has 0 saturated heterocycles. The van der Waals surface area contributed by atoms with Crippen molar-refractivity contribution in [3.05, 3.63) is 96.7 Å². The minimum Gasteiger partial charge on any atom is -0.494 e. The topological polar surface area (TPSA) is 38.3 Å². The predicted octanol–water partition coefficient (Wildman–Crippen LogP) is 5.56. The third kappa shape index (κ3) is 4.61. The zero-order chi connectivity index (χ0) is 18.2. The van der Waals surface area contributed by atoms with Gasteiger partial charge in [0.05, 0.1) is 6.61 Å². The van der Waals surface area contributed by atoms with Crippen molar-refractivity contribution in [2.45, 2.75) is 6.92 Å². The molecule has 0 radical (unpaired) electrons. The number of hydrogen-bond donors (Lipinski definition) is 1. The molecule has 3 heteroatoms. The Morgan fingerprint density at radius 2 is 1.65 bits per heavy atom. The van der Waals surface area contributed by atoms with E-state index in [1.54, 1.807) is 6.20 Å². The molecule has 0 spiro atoms. The molecule has 0 aliphatic heterocycles. The van der Waals surface area contributed by atoms with Crippen molar-refractivity contribution in [3.8, 4) is 16.9 Å². The summed E-state index contributed by atoms with van der Waals surface area (Å²) in [4.78, 5) is 12.3. The molecule has 130 valence electrons. The first kappa shape index (κ1) is 17.5. The minimum absolute atomic E-state index is 0.0434. The Balaban J connectivity index is 1.62. The fraction of sp³-hybridized carbons (Fsp3) is 0.0870. The molecule has 1 N–H and O–H groups in total. The SMILES string of the molecule is CCOc1cccc(N/C=C/C(=O)c2ccc(-c3ccccc3)cc2)c1. The highest BCUT2D eigenvalue weighted by atomic mass is 16.5. The Kier molecular flexibility index (Phi) is 5.84. The summed E-state index contributed by atoms with van der Waals surface area (Å²) >= 11 is 0. The summed E-state index contributed by atoms with van der Waals surface area (Å²) in [5.74, 6) is 0.756. The summed E-state index contributed by atoms with van der Waals surface area (Å²) in [5.41, 5.74) is 3.76. The van der Waals surface area contributed by atoms with Crippen molar-refractivity contribution in [3.63, 3.8) is 0 Å². The maximum Gasteiger partial charge on any atom is 0.187 e. The Bertz CT molecular complexity index is 884. The van der Waals surface area contributed by atoms with E-state index in [4.69, 9.17) is 4.74 Å². The summed E-state index contributed by atoms with van der Waals surface area (Å²) < 4.78 is 5.46. The van der Waals surface area contributed by atoms with E-state index in [2.05, 4.69) is 17.4 Å². The first-order valence-corrected chi connectivity index (χ1v) is 8.62. The second-order valence-corrected chi connectivity index (χ2v) is 5.75. The van der Waals surface area contributed by atoms with E-state index in [1.807, 2.05) is 73.7 Å². The minimum atomic E-state index is -0.0434. The van der Waals surface area contributed by atoms with Crippen LogP contribution in [-0.4, -0.2) is 12.4 Å². The van der Waals surface area contributed by atoms with Crippen LogP contribution in [0.2, 0.25) is 0 Å². The number of ketones is 1. The molecule has 0 aromatic heterocycles. The number of hydrogen-bond acceptors (Lipinski definition) is 3. The Morgan fingerprint density at radius 3 is 2.38 bits per heavy atom. The van der Waals surface area contributed by atoms with Gasteiger partial charge in [0.25, 0.3) is 0 Å². The van der Waals surface area contributed by atoms with E-state index < -0.39 is 0 Å². The molecule has 3 nitrogen and oxygen atoms in total. The number of allylic oxidation sites excluding steroid dienone is 1. The number of benzene rings is 3. The number of ether oxygens (including phenoxy) is 1. The van der Waals surface area contributed by atoms with Gasteiger partial charge in [-0.05, 0) is 30.2 Å². The number of anilines is 1. The summed E-state index contributed by atoms with van der Waals surface area (Å²) in [6.07, 6.45) is 3.18. The van der Waals surface area contributed by atoms with Crippen LogP contribution < -0.4 is 10.1 Å². The summed E-state index contributed by atoms with van der Waals surface area (Å²) in [7, 11) is 0. The average Bonchev–Trinajstić information content (AvgIpc) is 2.69. The second kappa shape index (κ2) is 8.67. The Labute approximate surface area is 154 Å². The van der Waals surface area contributed by atoms with Crippen LogP contribution in [0.15, 0.2) is 91.1 Å². The summed E-state index contributed by atoms with van der Waals surface area (Å²) in [6, 6.07) is 25.4. The molecular weight excluding hydrogens is 322 g/mol. The number of nitrogens with one attached hydrogen (secondary N) is 1. The molecule has 0 heterocycles. The van der Waals surface area contributed by atoms with Gasteiger partial charge >= 0.3 is 0 Å². The fourth-order valence-electron chi connectivity index (χ4n) is 2.61. The molecule has 26 heavy (non-hydrogen) atoms. The van der Waals surface area contributed by atoms with Crippen LogP contribution in [0.4, 0.5) is 5.69 Å². The lowest BCUT2D eigenvalue weighted by Crippen LogP contribution is -1.97. The van der Waals surface area contributed by atoms with Crippen molar-refractivity contribution in [2.24, 2.45) is 0 Å². The smallest absolute Gasteiger partial charge is 0.187 e. The van der Waals surface area contributed by atoms with Crippen molar-refractivity contribution in [2.75, 3.05) is 11.9 Å². The van der Waals surface area contributed by atoms with E-state index in [9.17, 15) is 4.79 Å². The number of carbonyl (C=O) groups excluding carboxylic acids is 1. The van der Waals surface area contributed by atoms with Crippen LogP contribution in [0.1, 0.15) is 17.3 Å². The van der Waals surface area contributed by atoms with Crippen LogP contribution in [-0.2, 0) is 0 Å². The standard InChI is InChI=1S/C23H21NO2/c1-2-26-22-10-6-9-21(17-22)24-16-15-23(25)20-13-11-19(12-14-20)18-7-4-3-5-8-18/h3-17,24H,2H2,1H3/b16-15+. The summed E-state index contributed by atoms with van der Waals surface area (Å²) in [6.45, 7) is 2.57. The molecule has 3 aromatic rings. The van der Waals surface area contributed by atoms with E-state index in [-0.39, 0.29) is 5.78 Å². The predicted molar refractivity (Wildman–Crippen MR) is 107 cm³/mol. The number of carbonyl (C=O) groups is 1. The molecule has 0 saturated carbocycles. The third-order valence-electron chi connectivity index (χ3n) is 3.91. The van der Waals surface area contributed by atoms with Crippen LogP contribution in [0.25, 0.3) is 11.1 Å². The van der Waals surface area contributed by atoms with Gasteiger partial charge in [0, 0.05) is 29.6 Å². The maximum atomic E-state index is 12.3. The van der Waals surface area contributed by atoms with Gasteiger partial charge < -0.3 is 10.1 Å². The summed E-state index contributed by atoms with van der Waals surface area (Å²) in [5, 5.41) is 3.10. The zero-order valence-corrected chi connectivity index (χ0v) is 14.7. The Morgan fingerprint density at radius 1 is 0.923 bits per heavy atom. The molecule has 0 unspecified atom stereocenters. The van der Waals surface area contributed by atoms with Crippen molar-refractivity contribution < 1.29 is 9.53 Å². The second-order valence-electron chi connectivity index (χ2n) is 5.75. The molecule has 0 bridgehead atoms. The van der Waals surface area contributed by atoms with E-state index in [0.717, 1.165) is 22.6 Å². The first-order chi connectivity index (χ1) is 12.8. The van der Waals surface area contributed by atoms with Crippen molar-refractivity contribution in [1.82, 2.24) is 0 Å². The van der Waals surface area contributed by atoms with Crippen LogP contribution in [0, 0.1) is 0 Å². The first-order valence-electron chi connectivity index (χ1n) is 8.62. The molecule has 0 atom stereocenters. The largest absolute Gasteiger partial charge is 0.494 e. The highest BCUT2D eigenvalue weighted by Gasteiger charge is 2.03. The molecule has 3 rings (SSSR count). The average molecular weight is 343 g/mol. The highest BCUT2D eigenvalue weighted by molar-refractivity contribution is 6.04. The van der Waals surface area contributed by atoms with Gasteiger partial charge in [0.2, 0.25) is 0 Å². The molecule has 0 amide bonds. The Hall–Kier alpha value is -3.33. The molecular formula is C23H21NO2. The van der Waals surface area contributed by atoms with Crippen LogP contribution >= 0.6 is 0 Å². The lowest BCUT2D eigenvalue weighted by Gasteiger charge is -2.05. The van der Waals surface area contributed by atoms with E-state index >= 15 is 0 Å². The quantitative estimate of drug-likeness (QED) is 0.451. The monoisotopic (exact) mass is 343 g/mol. The van der Waals surface area contributed by atoms with Crippen molar-refractivity contribution in [1.29, 1.82) is 0 Å². The lowest BCUT2D eigenvalue weighted by molar-refractivity contribution is 0.104.